The fourth-order valence-corrected chi connectivity index (χ4v) is 5.09. The molecule has 0 aliphatic rings. The Morgan fingerprint density at radius 3 is 2.29 bits per heavy atom. The van der Waals surface area contributed by atoms with Gasteiger partial charge in [-0.2, -0.15) is 0 Å². The molecule has 0 atom stereocenters. The Labute approximate surface area is 168 Å². The number of unbranched alkanes of at least 4 members (excludes halogenated alkanes) is 4. The van der Waals surface area contributed by atoms with Crippen LogP contribution in [0.5, 0.6) is 0 Å². The average Bonchev–Trinajstić information content (AvgIpc) is 3.01. The molecule has 0 bridgehead atoms. The first kappa shape index (κ1) is 20.5. The summed E-state index contributed by atoms with van der Waals surface area (Å²) in [5.41, 5.74) is 2.09. The second-order valence-corrected chi connectivity index (χ2v) is 9.29. The Bertz CT molecular complexity index is 1020. The van der Waals surface area contributed by atoms with Crippen LogP contribution < -0.4 is 4.31 Å². The molecule has 0 N–H and O–H groups in total. The molecular formula is C23H30N2O2S. The van der Waals surface area contributed by atoms with Gasteiger partial charge in [0.2, 0.25) is 0 Å². The summed E-state index contributed by atoms with van der Waals surface area (Å²) >= 11 is 0. The normalized spacial score (nSPS) is 11.8. The van der Waals surface area contributed by atoms with E-state index in [2.05, 4.69) is 6.92 Å². The van der Waals surface area contributed by atoms with Crippen LogP contribution >= 0.6 is 0 Å². The summed E-state index contributed by atoms with van der Waals surface area (Å²) in [5.74, 6) is 0.720. The summed E-state index contributed by atoms with van der Waals surface area (Å²) in [6.45, 7) is 4.64. The largest absolute Gasteiger partial charge is 0.330 e. The number of hydrogen-bond donors (Lipinski definition) is 0. The molecule has 0 radical (unpaired) electrons. The molecular weight excluding hydrogens is 368 g/mol. The molecule has 0 unspecified atom stereocenters. The summed E-state index contributed by atoms with van der Waals surface area (Å²) < 4.78 is 30.6. The smallest absolute Gasteiger partial charge is 0.265 e. The van der Waals surface area contributed by atoms with Gasteiger partial charge in [-0.1, -0.05) is 68.5 Å². The predicted molar refractivity (Wildman–Crippen MR) is 117 cm³/mol. The summed E-state index contributed by atoms with van der Waals surface area (Å²) in [6.07, 6.45) is 5.40. The van der Waals surface area contributed by atoms with E-state index in [1.807, 2.05) is 61.0 Å². The number of aromatic nitrogens is 1. The fraction of sp³-hybridized carbons (Fsp3) is 0.391. The van der Waals surface area contributed by atoms with Gasteiger partial charge in [-0.3, -0.25) is 4.31 Å². The molecule has 0 saturated carbocycles. The highest BCUT2D eigenvalue weighted by Gasteiger charge is 2.27. The topological polar surface area (TPSA) is 42.3 Å². The molecule has 0 amide bonds. The van der Waals surface area contributed by atoms with Gasteiger partial charge >= 0.3 is 0 Å². The van der Waals surface area contributed by atoms with Gasteiger partial charge in [0.15, 0.2) is 0 Å². The van der Waals surface area contributed by atoms with Crippen LogP contribution in [-0.2, 0) is 17.1 Å². The number of fused-ring (bicyclic) bond motifs is 1. The summed E-state index contributed by atoms with van der Waals surface area (Å²) in [4.78, 5) is 0.344. The Balaban J connectivity index is 1.98. The lowest BCUT2D eigenvalue weighted by Crippen LogP contribution is -2.33. The first-order valence-electron chi connectivity index (χ1n) is 10.1. The third-order valence-electron chi connectivity index (χ3n) is 5.26. The van der Waals surface area contributed by atoms with Crippen LogP contribution in [-0.4, -0.2) is 19.5 Å². The number of nitrogens with zero attached hydrogens (tertiary/aromatic N) is 2. The maximum atomic E-state index is 13.5. The molecule has 1 aromatic heterocycles. The molecule has 1 heterocycles. The molecule has 28 heavy (non-hydrogen) atoms. The van der Waals surface area contributed by atoms with Crippen LogP contribution in [0, 0.1) is 6.92 Å². The van der Waals surface area contributed by atoms with Gasteiger partial charge in [0.25, 0.3) is 10.0 Å². The molecule has 2 aromatic carbocycles. The van der Waals surface area contributed by atoms with Crippen LogP contribution in [0.15, 0.2) is 59.5 Å². The van der Waals surface area contributed by atoms with Gasteiger partial charge in [-0.05, 0) is 37.6 Å². The Hall–Kier alpha value is -2.27. The van der Waals surface area contributed by atoms with E-state index in [1.165, 1.54) is 12.8 Å². The van der Waals surface area contributed by atoms with Crippen molar-refractivity contribution in [1.82, 2.24) is 4.57 Å². The average molecular weight is 399 g/mol. The van der Waals surface area contributed by atoms with Crippen molar-refractivity contribution >= 4 is 26.7 Å². The number of benzene rings is 2. The highest BCUT2D eigenvalue weighted by atomic mass is 32.2. The Morgan fingerprint density at radius 2 is 1.61 bits per heavy atom. The highest BCUT2D eigenvalue weighted by Crippen LogP contribution is 2.30. The second kappa shape index (κ2) is 8.82. The molecule has 0 saturated heterocycles. The van der Waals surface area contributed by atoms with Gasteiger partial charge in [0.05, 0.1) is 4.90 Å². The van der Waals surface area contributed by atoms with E-state index in [4.69, 9.17) is 0 Å². The van der Waals surface area contributed by atoms with Crippen LogP contribution in [0.2, 0.25) is 0 Å². The molecule has 0 aliphatic carbocycles. The van der Waals surface area contributed by atoms with Crippen molar-refractivity contribution in [3.63, 3.8) is 0 Å². The van der Waals surface area contributed by atoms with Crippen molar-refractivity contribution in [3.8, 4) is 0 Å². The zero-order valence-corrected chi connectivity index (χ0v) is 17.9. The van der Waals surface area contributed by atoms with E-state index in [0.717, 1.165) is 41.5 Å². The van der Waals surface area contributed by atoms with Crippen molar-refractivity contribution < 1.29 is 8.42 Å². The minimum absolute atomic E-state index is 0.344. The Morgan fingerprint density at radius 1 is 0.929 bits per heavy atom. The van der Waals surface area contributed by atoms with E-state index in [-0.39, 0.29) is 0 Å². The number of anilines is 1. The number of sulfonamides is 1. The van der Waals surface area contributed by atoms with Crippen LogP contribution in [0.3, 0.4) is 0 Å². The van der Waals surface area contributed by atoms with Gasteiger partial charge < -0.3 is 4.57 Å². The first-order chi connectivity index (χ1) is 13.4. The second-order valence-electron chi connectivity index (χ2n) is 7.42. The molecule has 0 spiro atoms. The van der Waals surface area contributed by atoms with Crippen molar-refractivity contribution in [2.75, 3.05) is 10.8 Å². The van der Waals surface area contributed by atoms with Crippen molar-refractivity contribution in [3.05, 3.63) is 60.2 Å². The van der Waals surface area contributed by atoms with E-state index >= 15 is 0 Å². The lowest BCUT2D eigenvalue weighted by molar-refractivity contribution is 0.581. The highest BCUT2D eigenvalue weighted by molar-refractivity contribution is 7.92. The summed E-state index contributed by atoms with van der Waals surface area (Å²) in [7, 11) is -1.68. The monoisotopic (exact) mass is 398 g/mol. The van der Waals surface area contributed by atoms with Crippen molar-refractivity contribution in [2.24, 2.45) is 7.05 Å². The predicted octanol–water partition coefficient (Wildman–Crippen LogP) is 5.65. The maximum absolute atomic E-state index is 13.5. The van der Waals surface area contributed by atoms with Crippen molar-refractivity contribution in [2.45, 2.75) is 50.8 Å². The number of para-hydroxylation sites is 1. The van der Waals surface area contributed by atoms with Crippen molar-refractivity contribution in [1.29, 1.82) is 0 Å². The first-order valence-corrected chi connectivity index (χ1v) is 11.5. The number of hydrogen-bond acceptors (Lipinski definition) is 2. The zero-order chi connectivity index (χ0) is 20.1. The van der Waals surface area contributed by atoms with E-state index in [1.54, 1.807) is 16.4 Å². The lowest BCUT2D eigenvalue weighted by atomic mass is 10.1. The quantitative estimate of drug-likeness (QED) is 0.437. The maximum Gasteiger partial charge on any atom is 0.265 e. The van der Waals surface area contributed by atoms with Crippen LogP contribution in [0.4, 0.5) is 5.82 Å². The molecule has 3 rings (SSSR count). The van der Waals surface area contributed by atoms with E-state index in [9.17, 15) is 8.42 Å². The molecule has 5 heteroatoms. The number of rotatable bonds is 9. The van der Waals surface area contributed by atoms with Crippen LogP contribution in [0.1, 0.15) is 44.6 Å². The third kappa shape index (κ3) is 4.25. The zero-order valence-electron chi connectivity index (χ0n) is 17.1. The third-order valence-corrected chi connectivity index (χ3v) is 7.07. The summed E-state index contributed by atoms with van der Waals surface area (Å²) in [5, 5.41) is 1.05. The number of aryl methyl sites for hydroxylation is 2. The van der Waals surface area contributed by atoms with Gasteiger partial charge in [0, 0.05) is 24.5 Å². The Kier molecular flexibility index (Phi) is 6.45. The molecule has 150 valence electrons. The molecule has 0 aliphatic heterocycles. The minimum Gasteiger partial charge on any atom is -0.330 e. The molecule has 3 aromatic rings. The van der Waals surface area contributed by atoms with Gasteiger partial charge in [-0.15, -0.1) is 0 Å². The molecule has 4 nitrogen and oxygen atoms in total. The molecule has 0 fully saturated rings. The summed E-state index contributed by atoms with van der Waals surface area (Å²) in [6, 6.07) is 17.1. The van der Waals surface area contributed by atoms with Gasteiger partial charge in [-0.25, -0.2) is 8.42 Å². The van der Waals surface area contributed by atoms with Gasteiger partial charge in [0.1, 0.15) is 5.82 Å². The SMILES string of the molecule is CCCCCCCN(c1cc2ccccc2n1C)S(=O)(=O)c1ccc(C)cc1. The standard InChI is InChI=1S/C23H30N2O2S/c1-4-5-6-7-10-17-25(28(26,27)21-15-13-19(2)14-16-21)23-18-20-11-8-9-12-22(20)24(23)3/h8-9,11-16,18H,4-7,10,17H2,1-3H3. The fourth-order valence-electron chi connectivity index (χ4n) is 3.57. The van der Waals surface area contributed by atoms with Crippen LogP contribution in [0.25, 0.3) is 10.9 Å². The minimum atomic E-state index is -3.62. The lowest BCUT2D eigenvalue weighted by Gasteiger charge is -2.25. The van der Waals surface area contributed by atoms with E-state index in [0.29, 0.717) is 11.4 Å². The van der Waals surface area contributed by atoms with E-state index < -0.39 is 10.0 Å².